The highest BCUT2D eigenvalue weighted by molar-refractivity contribution is 6.76. The minimum Gasteiger partial charge on any atom is -0.314 e. The molecule has 0 radical (unpaired) electrons. The lowest BCUT2D eigenvalue weighted by molar-refractivity contribution is 0.472. The average molecular weight is 264 g/mol. The van der Waals surface area contributed by atoms with Gasteiger partial charge in [-0.25, -0.2) is 0 Å². The third-order valence-electron chi connectivity index (χ3n) is 3.08. The van der Waals surface area contributed by atoms with Crippen LogP contribution in [0, 0.1) is 5.92 Å². The van der Waals surface area contributed by atoms with Crippen molar-refractivity contribution in [2.24, 2.45) is 5.92 Å². The van der Waals surface area contributed by atoms with Gasteiger partial charge < -0.3 is 5.32 Å². The largest absolute Gasteiger partial charge is 0.314 e. The Kier molecular flexibility index (Phi) is 6.10. The first kappa shape index (κ1) is 15.5. The van der Waals surface area contributed by atoms with Gasteiger partial charge in [0.05, 0.1) is 0 Å². The lowest BCUT2D eigenvalue weighted by Crippen LogP contribution is -2.34. The molecule has 0 aliphatic carbocycles. The van der Waals surface area contributed by atoms with Crippen molar-refractivity contribution in [1.82, 2.24) is 5.32 Å². The van der Waals surface area contributed by atoms with Crippen LogP contribution in [-0.2, 0) is 6.42 Å². The number of hydrogen-bond acceptors (Lipinski definition) is 1. The van der Waals surface area contributed by atoms with E-state index in [1.807, 2.05) is 0 Å². The van der Waals surface area contributed by atoms with E-state index in [0.717, 1.165) is 12.5 Å². The van der Waals surface area contributed by atoms with Gasteiger partial charge >= 0.3 is 0 Å². The number of hydrogen-bond donors (Lipinski definition) is 1. The second-order valence-corrected chi connectivity index (χ2v) is 12.4. The molecule has 1 nitrogen and oxygen atoms in total. The van der Waals surface area contributed by atoms with Crippen LogP contribution in [0.5, 0.6) is 0 Å². The van der Waals surface area contributed by atoms with Crippen LogP contribution in [-0.4, -0.2) is 20.7 Å². The Morgan fingerprint density at radius 2 is 1.67 bits per heavy atom. The SMILES string of the molecule is CC(C)NCC(Cc1ccccc1)C[Si](C)(C)C. The van der Waals surface area contributed by atoms with E-state index in [0.29, 0.717) is 6.04 Å². The maximum Gasteiger partial charge on any atom is 0.0446 e. The van der Waals surface area contributed by atoms with E-state index in [4.69, 9.17) is 0 Å². The van der Waals surface area contributed by atoms with Gasteiger partial charge in [-0.15, -0.1) is 0 Å². The minimum absolute atomic E-state index is 0.588. The molecular weight excluding hydrogens is 234 g/mol. The van der Waals surface area contributed by atoms with Gasteiger partial charge in [0.15, 0.2) is 0 Å². The molecule has 0 saturated heterocycles. The third-order valence-corrected chi connectivity index (χ3v) is 4.89. The van der Waals surface area contributed by atoms with Crippen molar-refractivity contribution >= 4 is 8.07 Å². The Morgan fingerprint density at radius 1 is 1.06 bits per heavy atom. The molecule has 0 bridgehead atoms. The third kappa shape index (κ3) is 6.97. The molecule has 0 fully saturated rings. The zero-order valence-electron chi connectivity index (χ0n) is 12.7. The van der Waals surface area contributed by atoms with Crippen molar-refractivity contribution in [1.29, 1.82) is 0 Å². The van der Waals surface area contributed by atoms with Crippen LogP contribution in [0.15, 0.2) is 30.3 Å². The molecule has 1 atom stereocenters. The Bertz CT molecular complexity index is 327. The summed E-state index contributed by atoms with van der Waals surface area (Å²) >= 11 is 0. The van der Waals surface area contributed by atoms with Crippen LogP contribution in [0.3, 0.4) is 0 Å². The Balaban J connectivity index is 2.59. The van der Waals surface area contributed by atoms with Crippen molar-refractivity contribution < 1.29 is 0 Å². The molecule has 0 aliphatic rings. The average Bonchev–Trinajstić information content (AvgIpc) is 2.25. The summed E-state index contributed by atoms with van der Waals surface area (Å²) in [6, 6.07) is 12.9. The molecule has 18 heavy (non-hydrogen) atoms. The van der Waals surface area contributed by atoms with Crippen LogP contribution in [0.1, 0.15) is 19.4 Å². The predicted octanol–water partition coefficient (Wildman–Crippen LogP) is 4.18. The van der Waals surface area contributed by atoms with Crippen molar-refractivity contribution in [3.63, 3.8) is 0 Å². The summed E-state index contributed by atoms with van der Waals surface area (Å²) in [5.74, 6) is 0.779. The van der Waals surface area contributed by atoms with E-state index in [1.165, 1.54) is 18.0 Å². The molecule has 1 aromatic rings. The molecule has 0 heterocycles. The van der Waals surface area contributed by atoms with Crippen LogP contribution < -0.4 is 5.32 Å². The van der Waals surface area contributed by atoms with Crippen molar-refractivity contribution in [3.05, 3.63) is 35.9 Å². The van der Waals surface area contributed by atoms with Crippen molar-refractivity contribution in [2.75, 3.05) is 6.54 Å². The Hall–Kier alpha value is -0.603. The molecule has 1 aromatic carbocycles. The molecule has 0 amide bonds. The number of rotatable bonds is 7. The lowest BCUT2D eigenvalue weighted by Gasteiger charge is -2.26. The maximum absolute atomic E-state index is 3.61. The smallest absolute Gasteiger partial charge is 0.0446 e. The quantitative estimate of drug-likeness (QED) is 0.728. The van der Waals surface area contributed by atoms with Crippen molar-refractivity contribution in [2.45, 2.75) is 52.0 Å². The first-order valence-corrected chi connectivity index (χ1v) is 10.8. The Labute approximate surface area is 114 Å². The van der Waals surface area contributed by atoms with Crippen LogP contribution in [0.4, 0.5) is 0 Å². The van der Waals surface area contributed by atoms with E-state index in [1.54, 1.807) is 0 Å². The number of nitrogens with one attached hydrogen (secondary N) is 1. The lowest BCUT2D eigenvalue weighted by atomic mass is 10.0. The molecule has 0 saturated carbocycles. The van der Waals surface area contributed by atoms with Gasteiger partial charge in [0.2, 0.25) is 0 Å². The molecule has 0 aliphatic heterocycles. The van der Waals surface area contributed by atoms with Gasteiger partial charge in [0.25, 0.3) is 0 Å². The predicted molar refractivity (Wildman–Crippen MR) is 84.9 cm³/mol. The first-order valence-electron chi connectivity index (χ1n) is 7.14. The molecule has 102 valence electrons. The van der Waals surface area contributed by atoms with Gasteiger partial charge in [-0.05, 0) is 24.4 Å². The second-order valence-electron chi connectivity index (χ2n) is 6.88. The van der Waals surface area contributed by atoms with Gasteiger partial charge in [0.1, 0.15) is 0 Å². The van der Waals surface area contributed by atoms with Gasteiger partial charge in [-0.1, -0.05) is 69.9 Å². The summed E-state index contributed by atoms with van der Waals surface area (Å²) in [6.07, 6.45) is 1.21. The van der Waals surface area contributed by atoms with E-state index >= 15 is 0 Å². The summed E-state index contributed by atoms with van der Waals surface area (Å²) < 4.78 is 0. The maximum atomic E-state index is 3.61. The van der Waals surface area contributed by atoms with Crippen LogP contribution >= 0.6 is 0 Å². The fourth-order valence-corrected chi connectivity index (χ4v) is 4.45. The molecule has 0 aromatic heterocycles. The molecule has 1 N–H and O–H groups in total. The second kappa shape index (κ2) is 7.10. The highest BCUT2D eigenvalue weighted by Gasteiger charge is 2.20. The topological polar surface area (TPSA) is 12.0 Å². The van der Waals surface area contributed by atoms with Crippen LogP contribution in [0.2, 0.25) is 25.7 Å². The summed E-state index contributed by atoms with van der Waals surface area (Å²) in [4.78, 5) is 0. The fraction of sp³-hybridized carbons (Fsp3) is 0.625. The summed E-state index contributed by atoms with van der Waals surface area (Å²) in [5.41, 5.74) is 1.48. The van der Waals surface area contributed by atoms with E-state index in [-0.39, 0.29) is 0 Å². The summed E-state index contributed by atoms with van der Waals surface area (Å²) in [6.45, 7) is 13.0. The standard InChI is InChI=1S/C16H29NSi/c1-14(2)17-12-16(13-18(3,4)5)11-15-9-7-6-8-10-15/h6-10,14,16-17H,11-13H2,1-5H3. The minimum atomic E-state index is -0.986. The van der Waals surface area contributed by atoms with Gasteiger partial charge in [-0.3, -0.25) is 0 Å². The summed E-state index contributed by atoms with van der Waals surface area (Å²) in [7, 11) is -0.986. The zero-order chi connectivity index (χ0) is 13.6. The molecular formula is C16H29NSi. The normalized spacial score (nSPS) is 13.9. The molecule has 1 unspecified atom stereocenters. The molecule has 1 rings (SSSR count). The zero-order valence-corrected chi connectivity index (χ0v) is 13.7. The van der Waals surface area contributed by atoms with E-state index in [9.17, 15) is 0 Å². The molecule has 2 heteroatoms. The van der Waals surface area contributed by atoms with E-state index in [2.05, 4.69) is 69.1 Å². The highest BCUT2D eigenvalue weighted by Crippen LogP contribution is 2.20. The van der Waals surface area contributed by atoms with Gasteiger partial charge in [-0.2, -0.15) is 0 Å². The van der Waals surface area contributed by atoms with Crippen molar-refractivity contribution in [3.8, 4) is 0 Å². The Morgan fingerprint density at radius 3 is 2.17 bits per heavy atom. The van der Waals surface area contributed by atoms with Crippen LogP contribution in [0.25, 0.3) is 0 Å². The first-order chi connectivity index (χ1) is 8.37. The highest BCUT2D eigenvalue weighted by atomic mass is 28.3. The number of benzene rings is 1. The summed E-state index contributed by atoms with van der Waals surface area (Å²) in [5, 5.41) is 3.61. The fourth-order valence-electron chi connectivity index (χ4n) is 2.43. The monoisotopic (exact) mass is 263 g/mol. The van der Waals surface area contributed by atoms with E-state index < -0.39 is 8.07 Å². The molecule has 0 spiro atoms. The van der Waals surface area contributed by atoms with Gasteiger partial charge in [0, 0.05) is 14.1 Å².